The van der Waals surface area contributed by atoms with E-state index in [1.165, 1.54) is 31.2 Å². The molecule has 0 unspecified atom stereocenters. The Morgan fingerprint density at radius 3 is 2.81 bits per heavy atom. The molecule has 0 spiro atoms. The van der Waals surface area contributed by atoms with Gasteiger partial charge in [-0.15, -0.1) is 0 Å². The summed E-state index contributed by atoms with van der Waals surface area (Å²) >= 11 is 0. The lowest BCUT2D eigenvalue weighted by Crippen LogP contribution is -2.06. The van der Waals surface area contributed by atoms with Crippen LogP contribution in [0, 0.1) is 0 Å². The third-order valence-electron chi connectivity index (χ3n) is 4.22. The van der Waals surface area contributed by atoms with Crippen LogP contribution in [0.25, 0.3) is 0 Å². The van der Waals surface area contributed by atoms with Crippen LogP contribution in [0.15, 0.2) is 30.5 Å². The van der Waals surface area contributed by atoms with Crippen molar-refractivity contribution < 1.29 is 4.74 Å². The minimum absolute atomic E-state index is 0.468. The van der Waals surface area contributed by atoms with Crippen molar-refractivity contribution in [1.82, 2.24) is 9.78 Å². The summed E-state index contributed by atoms with van der Waals surface area (Å²) in [6.45, 7) is 2.58. The second kappa shape index (κ2) is 6.20. The number of nitrogen functional groups attached to an aromatic ring is 1. The number of hydrogen-bond acceptors (Lipinski definition) is 3. The van der Waals surface area contributed by atoms with E-state index >= 15 is 0 Å². The molecule has 2 N–H and O–H groups in total. The number of anilines is 1. The van der Waals surface area contributed by atoms with E-state index in [-0.39, 0.29) is 0 Å². The van der Waals surface area contributed by atoms with Gasteiger partial charge in [0.2, 0.25) is 0 Å². The van der Waals surface area contributed by atoms with Crippen LogP contribution in [0.4, 0.5) is 5.69 Å². The Kier molecular flexibility index (Phi) is 4.13. The number of nitrogens with two attached hydrogens (primary N) is 1. The molecule has 0 aliphatic heterocycles. The maximum absolute atomic E-state index is 6.02. The topological polar surface area (TPSA) is 53.1 Å². The monoisotopic (exact) mass is 285 g/mol. The number of hydrogen-bond donors (Lipinski definition) is 1. The molecule has 21 heavy (non-hydrogen) atoms. The molecule has 2 aromatic rings. The van der Waals surface area contributed by atoms with E-state index < -0.39 is 0 Å². The van der Waals surface area contributed by atoms with Crippen molar-refractivity contribution in [2.45, 2.75) is 51.7 Å². The van der Waals surface area contributed by atoms with Crippen LogP contribution in [-0.4, -0.2) is 9.78 Å². The van der Waals surface area contributed by atoms with Crippen molar-refractivity contribution in [3.05, 3.63) is 41.7 Å². The van der Waals surface area contributed by atoms with Crippen LogP contribution in [-0.2, 0) is 13.0 Å². The van der Waals surface area contributed by atoms with Gasteiger partial charge in [-0.2, -0.15) is 5.10 Å². The van der Waals surface area contributed by atoms with Gasteiger partial charge >= 0.3 is 0 Å². The van der Waals surface area contributed by atoms with Crippen LogP contribution < -0.4 is 10.5 Å². The fourth-order valence-corrected chi connectivity index (χ4v) is 2.93. The zero-order valence-corrected chi connectivity index (χ0v) is 12.6. The Morgan fingerprint density at radius 1 is 1.29 bits per heavy atom. The molecule has 1 aliphatic carbocycles. The van der Waals surface area contributed by atoms with Gasteiger partial charge in [-0.25, -0.2) is 0 Å². The zero-order valence-electron chi connectivity index (χ0n) is 12.6. The van der Waals surface area contributed by atoms with E-state index in [0.29, 0.717) is 18.3 Å². The van der Waals surface area contributed by atoms with Crippen LogP contribution >= 0.6 is 0 Å². The zero-order chi connectivity index (χ0) is 14.7. The molecule has 0 radical (unpaired) electrons. The van der Waals surface area contributed by atoms with Gasteiger partial charge in [-0.3, -0.25) is 4.68 Å². The van der Waals surface area contributed by atoms with Gasteiger partial charge in [0.15, 0.2) is 0 Å². The summed E-state index contributed by atoms with van der Waals surface area (Å²) in [6.07, 6.45) is 8.17. The molecular formula is C17H23N3O. The van der Waals surface area contributed by atoms with Crippen molar-refractivity contribution in [3.63, 3.8) is 0 Å². The lowest BCUT2D eigenvalue weighted by atomic mass is 10.1. The maximum Gasteiger partial charge on any atom is 0.142 e. The molecule has 1 saturated carbocycles. The maximum atomic E-state index is 6.02. The van der Waals surface area contributed by atoms with Crippen LogP contribution in [0.2, 0.25) is 0 Å². The highest BCUT2D eigenvalue weighted by Crippen LogP contribution is 2.29. The Labute approximate surface area is 125 Å². The quantitative estimate of drug-likeness (QED) is 0.852. The molecule has 4 nitrogen and oxygen atoms in total. The fraction of sp³-hybridized carbons (Fsp3) is 0.471. The molecule has 4 heteroatoms. The third-order valence-corrected chi connectivity index (χ3v) is 4.22. The predicted octanol–water partition coefficient (Wildman–Crippen LogP) is 3.72. The molecule has 0 amide bonds. The average Bonchev–Trinajstić information content (AvgIpc) is 3.16. The van der Waals surface area contributed by atoms with E-state index in [2.05, 4.69) is 29.0 Å². The summed E-state index contributed by atoms with van der Waals surface area (Å²) in [6, 6.07) is 8.60. The summed E-state index contributed by atoms with van der Waals surface area (Å²) in [7, 11) is 0. The highest BCUT2D eigenvalue weighted by atomic mass is 16.5. The number of aryl methyl sites for hydroxylation is 1. The number of nitrogens with zero attached hydrogens (tertiary/aromatic N) is 2. The van der Waals surface area contributed by atoms with E-state index in [4.69, 9.17) is 10.5 Å². The van der Waals surface area contributed by atoms with Gasteiger partial charge in [-0.1, -0.05) is 25.8 Å². The van der Waals surface area contributed by atoms with Crippen LogP contribution in [0.1, 0.15) is 49.9 Å². The lowest BCUT2D eigenvalue weighted by molar-refractivity contribution is 0.299. The standard InChI is InChI=1S/C17H23N3O/c1-2-13-7-8-17(16(18)11-13)21-12-14-9-10-20(19-14)15-5-3-4-6-15/h7-11,15H,2-6,12,18H2,1H3. The highest BCUT2D eigenvalue weighted by Gasteiger charge is 2.17. The molecule has 1 heterocycles. The van der Waals surface area contributed by atoms with Gasteiger partial charge in [0.25, 0.3) is 0 Å². The molecule has 0 saturated heterocycles. The number of aromatic nitrogens is 2. The number of ether oxygens (including phenoxy) is 1. The van der Waals surface area contributed by atoms with Gasteiger partial charge in [0.1, 0.15) is 12.4 Å². The molecule has 1 aliphatic rings. The van der Waals surface area contributed by atoms with Crippen molar-refractivity contribution in [1.29, 1.82) is 0 Å². The lowest BCUT2D eigenvalue weighted by Gasteiger charge is -2.10. The van der Waals surface area contributed by atoms with Crippen molar-refractivity contribution in [3.8, 4) is 5.75 Å². The Bertz CT molecular complexity index is 600. The van der Waals surface area contributed by atoms with Gasteiger partial charge in [0, 0.05) is 6.20 Å². The Morgan fingerprint density at radius 2 is 2.10 bits per heavy atom. The first-order chi connectivity index (χ1) is 10.3. The Hall–Kier alpha value is -1.97. The summed E-state index contributed by atoms with van der Waals surface area (Å²) in [5, 5.41) is 4.62. The van der Waals surface area contributed by atoms with E-state index in [0.717, 1.165) is 17.9 Å². The second-order valence-corrected chi connectivity index (χ2v) is 5.74. The minimum atomic E-state index is 0.468. The Balaban J connectivity index is 1.62. The summed E-state index contributed by atoms with van der Waals surface area (Å²) < 4.78 is 7.89. The average molecular weight is 285 g/mol. The van der Waals surface area contributed by atoms with Crippen molar-refractivity contribution >= 4 is 5.69 Å². The van der Waals surface area contributed by atoms with Gasteiger partial charge < -0.3 is 10.5 Å². The molecule has 1 fully saturated rings. The van der Waals surface area contributed by atoms with Crippen LogP contribution in [0.5, 0.6) is 5.75 Å². The molecule has 0 atom stereocenters. The normalized spacial score (nSPS) is 15.5. The van der Waals surface area contributed by atoms with E-state index in [1.807, 2.05) is 18.2 Å². The summed E-state index contributed by atoms with van der Waals surface area (Å²) in [5.41, 5.74) is 8.90. The molecule has 3 rings (SSSR count). The van der Waals surface area contributed by atoms with Crippen molar-refractivity contribution in [2.24, 2.45) is 0 Å². The minimum Gasteiger partial charge on any atom is -0.485 e. The van der Waals surface area contributed by atoms with Crippen LogP contribution in [0.3, 0.4) is 0 Å². The second-order valence-electron chi connectivity index (χ2n) is 5.74. The molecule has 0 bridgehead atoms. The fourth-order valence-electron chi connectivity index (χ4n) is 2.93. The molecule has 112 valence electrons. The first-order valence-electron chi connectivity index (χ1n) is 7.81. The van der Waals surface area contributed by atoms with E-state index in [9.17, 15) is 0 Å². The highest BCUT2D eigenvalue weighted by molar-refractivity contribution is 5.54. The number of rotatable bonds is 5. The molecular weight excluding hydrogens is 262 g/mol. The van der Waals surface area contributed by atoms with Gasteiger partial charge in [-0.05, 0) is 43.0 Å². The summed E-state index contributed by atoms with van der Waals surface area (Å²) in [5.74, 6) is 0.739. The van der Waals surface area contributed by atoms with Gasteiger partial charge in [0.05, 0.1) is 17.4 Å². The van der Waals surface area contributed by atoms with Crippen molar-refractivity contribution in [2.75, 3.05) is 5.73 Å². The molecule has 1 aromatic carbocycles. The predicted molar refractivity (Wildman–Crippen MR) is 84.3 cm³/mol. The van der Waals surface area contributed by atoms with E-state index in [1.54, 1.807) is 0 Å². The molecule has 1 aromatic heterocycles. The third kappa shape index (κ3) is 3.20. The first kappa shape index (κ1) is 14.0. The smallest absolute Gasteiger partial charge is 0.142 e. The largest absolute Gasteiger partial charge is 0.485 e. The SMILES string of the molecule is CCc1ccc(OCc2ccn(C3CCCC3)n2)c(N)c1. The first-order valence-corrected chi connectivity index (χ1v) is 7.81. The summed E-state index contributed by atoms with van der Waals surface area (Å²) in [4.78, 5) is 0. The number of benzene rings is 1.